The van der Waals surface area contributed by atoms with Gasteiger partial charge in [0, 0.05) is 52.1 Å². The smallest absolute Gasteiger partial charge is 0.334 e. The molecule has 5 fully saturated rings. The van der Waals surface area contributed by atoms with Gasteiger partial charge in [-0.3, -0.25) is 4.79 Å². The fraction of sp³-hybridized carbons (Fsp3) is 0.686. The van der Waals surface area contributed by atoms with E-state index in [9.17, 15) is 24.6 Å². The lowest BCUT2D eigenvalue weighted by Crippen LogP contribution is -2.53. The van der Waals surface area contributed by atoms with Crippen LogP contribution >= 0.6 is 0 Å². The Balaban J connectivity index is 1.44. The van der Waals surface area contributed by atoms with Crippen LogP contribution in [0.2, 0.25) is 0 Å². The second-order valence-corrected chi connectivity index (χ2v) is 15.3. The highest BCUT2D eigenvalue weighted by Gasteiger charge is 2.84. The van der Waals surface area contributed by atoms with Crippen LogP contribution in [-0.4, -0.2) is 57.6 Å². The molecule has 2 N–H and O–H groups in total. The molecule has 0 aromatic carbocycles. The fourth-order valence-corrected chi connectivity index (χ4v) is 11.1. The molecule has 2 saturated heterocycles. The second kappa shape index (κ2) is 8.72. The number of esters is 3. The van der Waals surface area contributed by atoms with E-state index in [1.54, 1.807) is 26.8 Å². The summed E-state index contributed by atoms with van der Waals surface area (Å²) < 4.78 is 18.9. The summed E-state index contributed by atoms with van der Waals surface area (Å²) in [6.45, 7) is 15.2. The average molecular weight is 593 g/mol. The van der Waals surface area contributed by atoms with E-state index in [-0.39, 0.29) is 36.6 Å². The number of hydrogen-bond acceptors (Lipinski definition) is 8. The summed E-state index contributed by atoms with van der Waals surface area (Å²) in [7, 11) is 0. The fourth-order valence-electron chi connectivity index (χ4n) is 11.1. The number of ether oxygens (including phenoxy) is 3. The zero-order chi connectivity index (χ0) is 31.1. The number of rotatable bonds is 2. The zero-order valence-electron chi connectivity index (χ0n) is 26.0. The van der Waals surface area contributed by atoms with E-state index in [1.165, 1.54) is 0 Å². The summed E-state index contributed by atoms with van der Waals surface area (Å²) >= 11 is 0. The molecular weight excluding hydrogens is 548 g/mol. The lowest BCUT2D eigenvalue weighted by molar-refractivity contribution is -0.164. The summed E-state index contributed by atoms with van der Waals surface area (Å²) in [6, 6.07) is 0. The number of allylic oxidation sites excluding steroid dienone is 3. The molecular formula is C35H44O8. The van der Waals surface area contributed by atoms with Gasteiger partial charge in [0.05, 0.1) is 22.5 Å². The van der Waals surface area contributed by atoms with Crippen LogP contribution in [-0.2, 0) is 28.6 Å². The molecule has 0 amide bonds. The maximum atomic E-state index is 14.7. The van der Waals surface area contributed by atoms with Crippen molar-refractivity contribution in [1.82, 2.24) is 0 Å². The predicted octanol–water partition coefficient (Wildman–Crippen LogP) is 4.35. The van der Waals surface area contributed by atoms with Crippen LogP contribution < -0.4 is 0 Å². The standard InChI is InChI=1S/C35H44O8/c1-8-17(2)28(36)41-22-15-32(6,39)21-10-9-18(3)23(21)26-24(22)35(30(38)43-26)16-34-14-13-31(35,5)27(34)25-20(11-12-33(34,7)40)19(4)29(37)42-25/h8-9,13-14,20-27,39-40H,4,10-12,15-16H2,1-3,5-7H3/b17-8+/t20-,21+,22-,23-,24+,25-,26+,27-,31+,32+,33+,34-,35-/m0/s1. The Morgan fingerprint density at radius 2 is 1.86 bits per heavy atom. The maximum Gasteiger partial charge on any atom is 0.334 e. The quantitative estimate of drug-likeness (QED) is 0.210. The molecule has 2 aliphatic heterocycles. The Hall–Kier alpha value is -2.71. The predicted molar refractivity (Wildman–Crippen MR) is 156 cm³/mol. The van der Waals surface area contributed by atoms with Crippen molar-refractivity contribution in [2.45, 2.75) is 103 Å². The third-order valence-electron chi connectivity index (χ3n) is 13.4. The van der Waals surface area contributed by atoms with Gasteiger partial charge in [-0.25, -0.2) is 9.59 Å². The van der Waals surface area contributed by atoms with Gasteiger partial charge in [0.2, 0.25) is 0 Å². The first kappa shape index (κ1) is 29.0. The molecule has 7 rings (SSSR count). The third kappa shape index (κ3) is 3.32. The van der Waals surface area contributed by atoms with Crippen LogP contribution in [0.3, 0.4) is 0 Å². The van der Waals surface area contributed by atoms with Crippen LogP contribution in [0, 0.1) is 45.8 Å². The highest BCUT2D eigenvalue weighted by atomic mass is 16.6. The Bertz CT molecular complexity index is 1430. The van der Waals surface area contributed by atoms with Gasteiger partial charge in [0.25, 0.3) is 0 Å². The van der Waals surface area contributed by atoms with Gasteiger partial charge < -0.3 is 24.4 Å². The molecule has 2 heterocycles. The van der Waals surface area contributed by atoms with Crippen molar-refractivity contribution in [3.8, 4) is 0 Å². The van der Waals surface area contributed by atoms with Gasteiger partial charge in [-0.15, -0.1) is 0 Å². The molecule has 7 aliphatic rings. The number of aliphatic hydroxyl groups is 2. The van der Waals surface area contributed by atoms with Gasteiger partial charge in [-0.2, -0.15) is 0 Å². The van der Waals surface area contributed by atoms with E-state index in [1.807, 2.05) is 26.8 Å². The number of carbonyl (C=O) groups is 3. The van der Waals surface area contributed by atoms with Gasteiger partial charge in [-0.05, 0) is 60.3 Å². The van der Waals surface area contributed by atoms with Crippen LogP contribution in [0.5, 0.6) is 0 Å². The summed E-state index contributed by atoms with van der Waals surface area (Å²) in [4.78, 5) is 41.0. The normalized spacial score (nSPS) is 53.0. The van der Waals surface area contributed by atoms with Crippen LogP contribution in [0.1, 0.15) is 73.6 Å². The van der Waals surface area contributed by atoms with Gasteiger partial charge in [0.15, 0.2) is 0 Å². The monoisotopic (exact) mass is 592 g/mol. The molecule has 8 nitrogen and oxygen atoms in total. The first-order valence-electron chi connectivity index (χ1n) is 15.8. The summed E-state index contributed by atoms with van der Waals surface area (Å²) in [6.07, 6.45) is 7.98. The Morgan fingerprint density at radius 1 is 1.14 bits per heavy atom. The molecule has 43 heavy (non-hydrogen) atoms. The van der Waals surface area contributed by atoms with E-state index in [0.717, 1.165) is 5.57 Å². The van der Waals surface area contributed by atoms with E-state index in [4.69, 9.17) is 14.2 Å². The molecule has 13 atom stereocenters. The summed E-state index contributed by atoms with van der Waals surface area (Å²) in [5.74, 6) is -2.97. The van der Waals surface area contributed by atoms with Crippen molar-refractivity contribution in [3.05, 3.63) is 47.6 Å². The van der Waals surface area contributed by atoms with Crippen molar-refractivity contribution in [2.75, 3.05) is 0 Å². The highest BCUT2D eigenvalue weighted by molar-refractivity contribution is 5.91. The Kier molecular flexibility index (Phi) is 5.88. The number of carbonyl (C=O) groups excluding carboxylic acids is 3. The van der Waals surface area contributed by atoms with Gasteiger partial charge in [0.1, 0.15) is 18.3 Å². The van der Waals surface area contributed by atoms with Crippen molar-refractivity contribution < 1.29 is 38.8 Å². The average Bonchev–Trinajstić information content (AvgIpc) is 3.65. The largest absolute Gasteiger partial charge is 0.461 e. The van der Waals surface area contributed by atoms with Gasteiger partial charge in [-0.1, -0.05) is 43.4 Å². The first-order chi connectivity index (χ1) is 20.1. The van der Waals surface area contributed by atoms with E-state index >= 15 is 0 Å². The van der Waals surface area contributed by atoms with Crippen LogP contribution in [0.15, 0.2) is 47.6 Å². The topological polar surface area (TPSA) is 119 Å². The molecule has 1 spiro atoms. The van der Waals surface area contributed by atoms with E-state index < -0.39 is 69.5 Å². The molecule has 232 valence electrons. The molecule has 0 aromatic heterocycles. The van der Waals surface area contributed by atoms with Gasteiger partial charge >= 0.3 is 17.9 Å². The minimum absolute atomic E-state index is 0.156. The van der Waals surface area contributed by atoms with Crippen molar-refractivity contribution >= 4 is 17.9 Å². The third-order valence-corrected chi connectivity index (χ3v) is 13.4. The molecule has 2 bridgehead atoms. The highest BCUT2D eigenvalue weighted by Crippen LogP contribution is 2.80. The van der Waals surface area contributed by atoms with Crippen molar-refractivity contribution in [1.29, 1.82) is 0 Å². The number of hydrogen-bond donors (Lipinski definition) is 2. The Labute approximate surface area is 253 Å². The van der Waals surface area contributed by atoms with Crippen molar-refractivity contribution in [3.63, 3.8) is 0 Å². The SMILES string of the molecule is C=C1C(=O)O[C@@H]2[C@@H]3[C@@]4(C=C[C@@]3(C)[C@]3(C4)C(=O)O[C@@H]4[C@H]5C(C)=CC[C@H]5[C@](C)(O)C[C@H](OC(=O)/C(C)=C/C)[C@H]43)[C@](C)(O)CC[C@@H]12. The Morgan fingerprint density at radius 3 is 2.56 bits per heavy atom. The maximum absolute atomic E-state index is 14.7. The molecule has 8 heteroatoms. The first-order valence-corrected chi connectivity index (χ1v) is 15.8. The zero-order valence-corrected chi connectivity index (χ0v) is 26.0. The van der Waals surface area contributed by atoms with Crippen molar-refractivity contribution in [2.24, 2.45) is 45.8 Å². The summed E-state index contributed by atoms with van der Waals surface area (Å²) in [5, 5.41) is 24.3. The summed E-state index contributed by atoms with van der Waals surface area (Å²) in [5.41, 5.74) is -3.44. The lowest BCUT2D eigenvalue weighted by atomic mass is 9.54. The minimum Gasteiger partial charge on any atom is -0.461 e. The van der Waals surface area contributed by atoms with Crippen LogP contribution in [0.25, 0.3) is 0 Å². The second-order valence-electron chi connectivity index (χ2n) is 15.3. The minimum atomic E-state index is -1.21. The lowest BCUT2D eigenvalue weighted by Gasteiger charge is -2.46. The number of fused-ring (bicyclic) bond motifs is 6. The van der Waals surface area contributed by atoms with E-state index in [2.05, 4.69) is 18.7 Å². The van der Waals surface area contributed by atoms with Crippen LogP contribution in [0.4, 0.5) is 0 Å². The molecule has 3 saturated carbocycles. The molecule has 0 aromatic rings. The molecule has 0 radical (unpaired) electrons. The molecule has 0 unspecified atom stereocenters. The van der Waals surface area contributed by atoms with E-state index in [0.29, 0.717) is 30.4 Å². The molecule has 5 aliphatic carbocycles.